The molecule has 0 bridgehead atoms. The summed E-state index contributed by atoms with van der Waals surface area (Å²) in [5.41, 5.74) is 6.36. The molecule has 2 N–H and O–H groups in total. The fraction of sp³-hybridized carbons (Fsp3) is 0.556. The Hall–Kier alpha value is -2.24. The minimum absolute atomic E-state index is 0.0785. The average molecular weight is 333 g/mol. The highest BCUT2D eigenvalue weighted by atomic mass is 16.5. The number of ether oxygens (including phenoxy) is 1. The lowest BCUT2D eigenvalue weighted by atomic mass is 9.96. The second-order valence-corrected chi connectivity index (χ2v) is 6.02. The molecule has 0 spiro atoms. The van der Waals surface area contributed by atoms with Gasteiger partial charge >= 0.3 is 6.03 Å². The molecule has 0 unspecified atom stereocenters. The predicted molar refractivity (Wildman–Crippen MR) is 92.6 cm³/mol. The molecule has 0 saturated carbocycles. The number of para-hydroxylation sites is 1. The number of hydrogen-bond acceptors (Lipinski definition) is 3. The quantitative estimate of drug-likeness (QED) is 0.867. The molecule has 24 heavy (non-hydrogen) atoms. The third kappa shape index (κ3) is 4.40. The molecule has 6 nitrogen and oxygen atoms in total. The van der Waals surface area contributed by atoms with Crippen LogP contribution in [0.4, 0.5) is 4.79 Å². The largest absolute Gasteiger partial charge is 0.494 e. The molecule has 0 aliphatic carbocycles. The molecule has 1 aromatic rings. The van der Waals surface area contributed by atoms with Crippen molar-refractivity contribution in [3.8, 4) is 5.75 Å². The van der Waals surface area contributed by atoms with Gasteiger partial charge < -0.3 is 20.3 Å². The number of piperidine rings is 1. The molecule has 1 saturated heterocycles. The van der Waals surface area contributed by atoms with Crippen LogP contribution < -0.4 is 10.5 Å². The molecule has 3 amide bonds. The predicted octanol–water partition coefficient (Wildman–Crippen LogP) is 2.22. The lowest BCUT2D eigenvalue weighted by molar-refractivity contribution is -0.137. The van der Waals surface area contributed by atoms with Gasteiger partial charge in [-0.15, -0.1) is 0 Å². The fourth-order valence-corrected chi connectivity index (χ4v) is 3.12. The molecule has 1 fully saturated rings. The van der Waals surface area contributed by atoms with E-state index in [1.165, 1.54) is 0 Å². The van der Waals surface area contributed by atoms with Crippen LogP contribution in [-0.4, -0.2) is 48.0 Å². The highest BCUT2D eigenvalue weighted by Crippen LogP contribution is 2.23. The monoisotopic (exact) mass is 333 g/mol. The molecule has 1 aromatic carbocycles. The highest BCUT2D eigenvalue weighted by Gasteiger charge is 2.30. The van der Waals surface area contributed by atoms with Crippen LogP contribution in [0.3, 0.4) is 0 Å². The molecule has 1 aliphatic heterocycles. The zero-order valence-corrected chi connectivity index (χ0v) is 14.5. The van der Waals surface area contributed by atoms with Crippen molar-refractivity contribution in [2.24, 2.45) is 11.7 Å². The van der Waals surface area contributed by atoms with Crippen molar-refractivity contribution in [1.29, 1.82) is 0 Å². The van der Waals surface area contributed by atoms with E-state index in [1.54, 1.807) is 4.90 Å². The topological polar surface area (TPSA) is 75.9 Å². The average Bonchev–Trinajstić information content (AvgIpc) is 2.60. The van der Waals surface area contributed by atoms with Gasteiger partial charge in [0.15, 0.2) is 0 Å². The Labute approximate surface area is 143 Å². The van der Waals surface area contributed by atoms with Crippen LogP contribution in [0, 0.1) is 5.92 Å². The first kappa shape index (κ1) is 18.1. The summed E-state index contributed by atoms with van der Waals surface area (Å²) in [7, 11) is 0. The van der Waals surface area contributed by atoms with Crippen molar-refractivity contribution in [3.63, 3.8) is 0 Å². The summed E-state index contributed by atoms with van der Waals surface area (Å²) >= 11 is 0. The summed E-state index contributed by atoms with van der Waals surface area (Å²) in [5, 5.41) is 0. The van der Waals surface area contributed by atoms with E-state index in [-0.39, 0.29) is 11.8 Å². The first-order valence-electron chi connectivity index (χ1n) is 8.60. The molecule has 1 atom stereocenters. The summed E-state index contributed by atoms with van der Waals surface area (Å²) in [5.74, 6) is 0.717. The summed E-state index contributed by atoms with van der Waals surface area (Å²) in [4.78, 5) is 27.6. The van der Waals surface area contributed by atoms with Crippen LogP contribution in [0.25, 0.3) is 0 Å². The van der Waals surface area contributed by atoms with Gasteiger partial charge in [-0.3, -0.25) is 4.79 Å². The third-order valence-electron chi connectivity index (χ3n) is 4.41. The van der Waals surface area contributed by atoms with Crippen LogP contribution >= 0.6 is 0 Å². The Morgan fingerprint density at radius 1 is 1.33 bits per heavy atom. The Morgan fingerprint density at radius 2 is 2.08 bits per heavy atom. The van der Waals surface area contributed by atoms with Gasteiger partial charge in [0.2, 0.25) is 5.91 Å². The van der Waals surface area contributed by atoms with Gasteiger partial charge in [-0.1, -0.05) is 18.2 Å². The van der Waals surface area contributed by atoms with E-state index in [2.05, 4.69) is 0 Å². The van der Waals surface area contributed by atoms with Crippen LogP contribution in [0.5, 0.6) is 5.75 Å². The van der Waals surface area contributed by atoms with E-state index in [9.17, 15) is 9.59 Å². The normalized spacial score (nSPS) is 17.4. The molecule has 0 radical (unpaired) electrons. The fourth-order valence-electron chi connectivity index (χ4n) is 3.12. The van der Waals surface area contributed by atoms with E-state index < -0.39 is 6.03 Å². The van der Waals surface area contributed by atoms with Gasteiger partial charge in [-0.25, -0.2) is 4.79 Å². The number of nitrogens with zero attached hydrogens (tertiary/aromatic N) is 2. The number of hydrogen-bond donors (Lipinski definition) is 1. The van der Waals surface area contributed by atoms with Gasteiger partial charge in [-0.05, 0) is 32.8 Å². The standard InChI is InChI=1S/C18H27N3O3/c1-3-20(12-14-8-5-6-10-16(14)24-4-2)17(22)15-9-7-11-21(13-15)18(19)23/h5-6,8,10,15H,3-4,7,9,11-13H2,1-2H3,(H2,19,23)/t15-/m0/s1. The Morgan fingerprint density at radius 3 is 2.75 bits per heavy atom. The van der Waals surface area contributed by atoms with Gasteiger partial charge in [0.25, 0.3) is 0 Å². The summed E-state index contributed by atoms with van der Waals surface area (Å²) in [6.07, 6.45) is 1.61. The van der Waals surface area contributed by atoms with Gasteiger partial charge in [0.05, 0.1) is 12.5 Å². The van der Waals surface area contributed by atoms with Crippen molar-refractivity contribution in [2.45, 2.75) is 33.2 Å². The first-order chi connectivity index (χ1) is 11.6. The minimum Gasteiger partial charge on any atom is -0.494 e. The number of amides is 3. The Balaban J connectivity index is 2.08. The maximum absolute atomic E-state index is 12.9. The van der Waals surface area contributed by atoms with E-state index in [0.29, 0.717) is 32.8 Å². The number of primary amides is 1. The smallest absolute Gasteiger partial charge is 0.314 e. The molecular weight excluding hydrogens is 306 g/mol. The molecule has 2 rings (SSSR count). The summed E-state index contributed by atoms with van der Waals surface area (Å²) in [6, 6.07) is 7.34. The Bertz CT molecular complexity index is 576. The molecule has 1 heterocycles. The number of rotatable bonds is 6. The summed E-state index contributed by atoms with van der Waals surface area (Å²) in [6.45, 7) is 6.68. The zero-order valence-electron chi connectivity index (χ0n) is 14.5. The third-order valence-corrected chi connectivity index (χ3v) is 4.41. The van der Waals surface area contributed by atoms with Crippen molar-refractivity contribution < 1.29 is 14.3 Å². The van der Waals surface area contributed by atoms with Crippen molar-refractivity contribution in [1.82, 2.24) is 9.80 Å². The van der Waals surface area contributed by atoms with E-state index in [0.717, 1.165) is 24.2 Å². The van der Waals surface area contributed by atoms with Crippen LogP contribution in [0.1, 0.15) is 32.3 Å². The highest BCUT2D eigenvalue weighted by molar-refractivity contribution is 5.80. The van der Waals surface area contributed by atoms with Gasteiger partial charge in [0.1, 0.15) is 5.75 Å². The molecular formula is C18H27N3O3. The number of benzene rings is 1. The second-order valence-electron chi connectivity index (χ2n) is 6.02. The maximum atomic E-state index is 12.9. The van der Waals surface area contributed by atoms with Crippen molar-refractivity contribution in [3.05, 3.63) is 29.8 Å². The number of likely N-dealkylation sites (tertiary alicyclic amines) is 1. The lowest BCUT2D eigenvalue weighted by Crippen LogP contribution is -2.48. The van der Waals surface area contributed by atoms with Crippen LogP contribution in [-0.2, 0) is 11.3 Å². The number of carbonyl (C=O) groups is 2. The number of urea groups is 1. The van der Waals surface area contributed by atoms with E-state index >= 15 is 0 Å². The zero-order chi connectivity index (χ0) is 17.5. The maximum Gasteiger partial charge on any atom is 0.314 e. The van der Waals surface area contributed by atoms with Crippen molar-refractivity contribution in [2.75, 3.05) is 26.2 Å². The lowest BCUT2D eigenvalue weighted by Gasteiger charge is -2.34. The van der Waals surface area contributed by atoms with Gasteiger partial charge in [-0.2, -0.15) is 0 Å². The Kier molecular flexibility index (Phi) is 6.46. The van der Waals surface area contributed by atoms with E-state index in [4.69, 9.17) is 10.5 Å². The number of carbonyl (C=O) groups excluding carboxylic acids is 2. The van der Waals surface area contributed by atoms with Crippen LogP contribution in [0.2, 0.25) is 0 Å². The minimum atomic E-state index is -0.447. The van der Waals surface area contributed by atoms with Crippen LogP contribution in [0.15, 0.2) is 24.3 Å². The molecule has 6 heteroatoms. The van der Waals surface area contributed by atoms with Crippen molar-refractivity contribution >= 4 is 11.9 Å². The second kappa shape index (κ2) is 8.57. The molecule has 0 aromatic heterocycles. The summed E-state index contributed by atoms with van der Waals surface area (Å²) < 4.78 is 5.65. The molecule has 132 valence electrons. The van der Waals surface area contributed by atoms with Gasteiger partial charge in [0, 0.05) is 31.7 Å². The number of nitrogens with two attached hydrogens (primary N) is 1. The first-order valence-corrected chi connectivity index (χ1v) is 8.60. The van der Waals surface area contributed by atoms with E-state index in [1.807, 2.05) is 43.0 Å². The SMILES string of the molecule is CCOc1ccccc1CN(CC)C(=O)[C@H]1CCCN(C(N)=O)C1. The molecule has 1 aliphatic rings.